The lowest BCUT2D eigenvalue weighted by Gasteiger charge is -2.24. The van der Waals surface area contributed by atoms with Crippen LogP contribution in [0, 0.1) is 0 Å². The number of halogens is 1. The molecule has 4 N–H and O–H groups in total. The number of benzene rings is 4. The SMILES string of the molecule is NCCCNC(=O)c1cccc(-c2cccc(CN(CCc3ccc(O)cc3)C(=O)Cc3ccccc3Br)c2)c1. The summed E-state index contributed by atoms with van der Waals surface area (Å²) in [7, 11) is 0. The first-order chi connectivity index (χ1) is 19.4. The molecule has 0 saturated carbocycles. The highest BCUT2D eigenvalue weighted by Crippen LogP contribution is 2.24. The largest absolute Gasteiger partial charge is 0.508 e. The summed E-state index contributed by atoms with van der Waals surface area (Å²) in [5.74, 6) is 0.135. The van der Waals surface area contributed by atoms with Crippen LogP contribution in [0.3, 0.4) is 0 Å². The maximum absolute atomic E-state index is 13.5. The molecule has 0 bridgehead atoms. The first-order valence-corrected chi connectivity index (χ1v) is 14.2. The van der Waals surface area contributed by atoms with Gasteiger partial charge in [0.25, 0.3) is 5.91 Å². The number of rotatable bonds is 12. The molecule has 0 heterocycles. The minimum absolute atomic E-state index is 0.0345. The van der Waals surface area contributed by atoms with Crippen LogP contribution in [0.1, 0.15) is 33.5 Å². The van der Waals surface area contributed by atoms with Gasteiger partial charge in [-0.2, -0.15) is 0 Å². The first kappa shape index (κ1) is 29.1. The lowest BCUT2D eigenvalue weighted by atomic mass is 10.0. The van der Waals surface area contributed by atoms with Crippen LogP contribution in [0.2, 0.25) is 0 Å². The topological polar surface area (TPSA) is 95.7 Å². The molecule has 206 valence electrons. The molecule has 0 fully saturated rings. The standard InChI is InChI=1S/C33H34BrN3O3/c34-31-11-2-1-7-28(31)22-32(39)37(19-16-24-12-14-30(38)15-13-24)23-25-6-3-8-26(20-25)27-9-4-10-29(21-27)33(40)36-18-5-17-35/h1-4,6-15,20-21,38H,5,16-19,22-23,35H2,(H,36,40). The summed E-state index contributed by atoms with van der Waals surface area (Å²) < 4.78 is 0.913. The summed E-state index contributed by atoms with van der Waals surface area (Å²) in [6.07, 6.45) is 1.69. The molecule has 0 aliphatic carbocycles. The van der Waals surface area contributed by atoms with Gasteiger partial charge in [-0.25, -0.2) is 0 Å². The molecule has 0 radical (unpaired) electrons. The van der Waals surface area contributed by atoms with Crippen LogP contribution in [0.4, 0.5) is 0 Å². The Labute approximate surface area is 244 Å². The molecule has 0 aliphatic rings. The monoisotopic (exact) mass is 599 g/mol. The van der Waals surface area contributed by atoms with Crippen LogP contribution >= 0.6 is 15.9 Å². The van der Waals surface area contributed by atoms with Crippen molar-refractivity contribution in [1.29, 1.82) is 0 Å². The number of amides is 2. The van der Waals surface area contributed by atoms with E-state index in [2.05, 4.69) is 27.3 Å². The van der Waals surface area contributed by atoms with Gasteiger partial charge in [-0.1, -0.05) is 76.6 Å². The third-order valence-electron chi connectivity index (χ3n) is 6.68. The summed E-state index contributed by atoms with van der Waals surface area (Å²) in [5.41, 5.74) is 11.0. The molecule has 7 heteroatoms. The minimum atomic E-state index is -0.121. The fourth-order valence-corrected chi connectivity index (χ4v) is 4.88. The van der Waals surface area contributed by atoms with E-state index in [9.17, 15) is 14.7 Å². The fourth-order valence-electron chi connectivity index (χ4n) is 4.45. The van der Waals surface area contributed by atoms with E-state index >= 15 is 0 Å². The number of aromatic hydroxyl groups is 1. The van der Waals surface area contributed by atoms with E-state index in [1.165, 1.54) is 0 Å². The van der Waals surface area contributed by atoms with E-state index in [-0.39, 0.29) is 24.0 Å². The smallest absolute Gasteiger partial charge is 0.251 e. The predicted molar refractivity (Wildman–Crippen MR) is 163 cm³/mol. The van der Waals surface area contributed by atoms with E-state index in [4.69, 9.17) is 5.73 Å². The van der Waals surface area contributed by atoms with E-state index in [1.807, 2.05) is 77.7 Å². The first-order valence-electron chi connectivity index (χ1n) is 13.4. The third kappa shape index (κ3) is 8.28. The zero-order chi connectivity index (χ0) is 28.3. The fraction of sp³-hybridized carbons (Fsp3) is 0.212. The number of nitrogens with zero attached hydrogens (tertiary/aromatic N) is 1. The van der Waals surface area contributed by atoms with Crippen molar-refractivity contribution in [3.8, 4) is 16.9 Å². The van der Waals surface area contributed by atoms with E-state index in [1.54, 1.807) is 18.2 Å². The second-order valence-corrected chi connectivity index (χ2v) is 10.5. The van der Waals surface area contributed by atoms with Gasteiger partial charge in [0.1, 0.15) is 5.75 Å². The molecule has 0 aromatic heterocycles. The third-order valence-corrected chi connectivity index (χ3v) is 7.46. The molecule has 6 nitrogen and oxygen atoms in total. The normalized spacial score (nSPS) is 10.8. The van der Waals surface area contributed by atoms with Gasteiger partial charge in [0, 0.05) is 29.7 Å². The number of hydrogen-bond donors (Lipinski definition) is 3. The van der Waals surface area contributed by atoms with Crippen molar-refractivity contribution in [2.24, 2.45) is 5.73 Å². The Hall–Kier alpha value is -3.94. The molecule has 4 aromatic rings. The van der Waals surface area contributed by atoms with Crippen LogP contribution in [-0.4, -0.2) is 41.5 Å². The van der Waals surface area contributed by atoms with Crippen molar-refractivity contribution in [3.05, 3.63) is 124 Å². The van der Waals surface area contributed by atoms with Gasteiger partial charge < -0.3 is 21.1 Å². The van der Waals surface area contributed by atoms with Crippen molar-refractivity contribution in [3.63, 3.8) is 0 Å². The van der Waals surface area contributed by atoms with Crippen molar-refractivity contribution in [1.82, 2.24) is 10.2 Å². The number of hydrogen-bond acceptors (Lipinski definition) is 4. The predicted octanol–water partition coefficient (Wildman–Crippen LogP) is 5.71. The molecular weight excluding hydrogens is 566 g/mol. The zero-order valence-corrected chi connectivity index (χ0v) is 23.9. The minimum Gasteiger partial charge on any atom is -0.508 e. The Kier molecular flexibility index (Phi) is 10.5. The Balaban J connectivity index is 1.53. The lowest BCUT2D eigenvalue weighted by molar-refractivity contribution is -0.131. The summed E-state index contributed by atoms with van der Waals surface area (Å²) in [4.78, 5) is 28.0. The lowest BCUT2D eigenvalue weighted by Crippen LogP contribution is -2.33. The average molecular weight is 601 g/mol. The second kappa shape index (κ2) is 14.4. The number of phenolic OH excluding ortho intramolecular Hbond substituents is 1. The zero-order valence-electron chi connectivity index (χ0n) is 22.4. The average Bonchev–Trinajstić information content (AvgIpc) is 2.97. The summed E-state index contributed by atoms with van der Waals surface area (Å²) in [6, 6.07) is 30.5. The van der Waals surface area contributed by atoms with Crippen LogP contribution in [-0.2, 0) is 24.2 Å². The van der Waals surface area contributed by atoms with Crippen LogP contribution in [0.15, 0.2) is 102 Å². The molecule has 0 aliphatic heterocycles. The molecule has 40 heavy (non-hydrogen) atoms. The Morgan fingerprint density at radius 3 is 2.33 bits per heavy atom. The number of carbonyl (C=O) groups is 2. The van der Waals surface area contributed by atoms with Crippen LogP contribution in [0.5, 0.6) is 5.75 Å². The maximum Gasteiger partial charge on any atom is 0.251 e. The quantitative estimate of drug-likeness (QED) is 0.182. The molecule has 4 aromatic carbocycles. The summed E-state index contributed by atoms with van der Waals surface area (Å²) >= 11 is 3.56. The summed E-state index contributed by atoms with van der Waals surface area (Å²) in [6.45, 7) is 2.07. The van der Waals surface area contributed by atoms with Gasteiger partial charge >= 0.3 is 0 Å². The van der Waals surface area contributed by atoms with Gasteiger partial charge in [0.05, 0.1) is 6.42 Å². The van der Waals surface area contributed by atoms with Crippen molar-refractivity contribution in [2.45, 2.75) is 25.8 Å². The second-order valence-electron chi connectivity index (χ2n) is 9.68. The highest BCUT2D eigenvalue weighted by atomic mass is 79.9. The van der Waals surface area contributed by atoms with E-state index in [0.29, 0.717) is 38.2 Å². The van der Waals surface area contributed by atoms with E-state index < -0.39 is 0 Å². The molecule has 0 unspecified atom stereocenters. The highest BCUT2D eigenvalue weighted by Gasteiger charge is 2.17. The molecular formula is C33H34BrN3O3. The van der Waals surface area contributed by atoms with Gasteiger partial charge in [0.15, 0.2) is 0 Å². The van der Waals surface area contributed by atoms with Gasteiger partial charge in [0.2, 0.25) is 5.91 Å². The maximum atomic E-state index is 13.5. The number of carbonyl (C=O) groups excluding carboxylic acids is 2. The highest BCUT2D eigenvalue weighted by molar-refractivity contribution is 9.10. The number of phenols is 1. The van der Waals surface area contributed by atoms with Gasteiger partial charge in [-0.15, -0.1) is 0 Å². The van der Waals surface area contributed by atoms with Gasteiger partial charge in [-0.05, 0) is 83.6 Å². The molecule has 0 saturated heterocycles. The molecule has 0 spiro atoms. The Morgan fingerprint density at radius 1 is 0.850 bits per heavy atom. The van der Waals surface area contributed by atoms with Crippen LogP contribution in [0.25, 0.3) is 11.1 Å². The van der Waals surface area contributed by atoms with E-state index in [0.717, 1.165) is 38.7 Å². The van der Waals surface area contributed by atoms with Crippen molar-refractivity contribution < 1.29 is 14.7 Å². The molecule has 0 atom stereocenters. The van der Waals surface area contributed by atoms with Crippen molar-refractivity contribution >= 4 is 27.7 Å². The number of nitrogens with two attached hydrogens (primary N) is 1. The van der Waals surface area contributed by atoms with Crippen LogP contribution < -0.4 is 11.1 Å². The molecule has 2 amide bonds. The Bertz CT molecular complexity index is 1440. The van der Waals surface area contributed by atoms with Gasteiger partial charge in [-0.3, -0.25) is 9.59 Å². The number of nitrogens with one attached hydrogen (secondary N) is 1. The Morgan fingerprint density at radius 2 is 1.57 bits per heavy atom. The summed E-state index contributed by atoms with van der Waals surface area (Å²) in [5, 5.41) is 12.5. The molecule has 4 rings (SSSR count). The van der Waals surface area contributed by atoms with Crippen molar-refractivity contribution in [2.75, 3.05) is 19.6 Å².